The third-order valence-electron chi connectivity index (χ3n) is 7.95. The van der Waals surface area contributed by atoms with Crippen molar-refractivity contribution in [2.45, 2.75) is 62.3 Å². The fourth-order valence-electron chi connectivity index (χ4n) is 5.90. The Morgan fingerprint density at radius 2 is 1.55 bits per heavy atom. The number of hydrogen-bond donors (Lipinski definition) is 0. The second kappa shape index (κ2) is 7.96. The van der Waals surface area contributed by atoms with Crippen molar-refractivity contribution in [3.8, 4) is 6.07 Å². The summed E-state index contributed by atoms with van der Waals surface area (Å²) >= 11 is 0. The molecule has 3 fully saturated rings. The molecule has 0 aromatic heterocycles. The van der Waals surface area contributed by atoms with Crippen LogP contribution in [-0.4, -0.2) is 24.0 Å². The van der Waals surface area contributed by atoms with Crippen molar-refractivity contribution in [2.24, 2.45) is 11.8 Å². The molecule has 150 valence electrons. The van der Waals surface area contributed by atoms with E-state index < -0.39 is 0 Å². The van der Waals surface area contributed by atoms with E-state index in [9.17, 15) is 5.26 Å². The van der Waals surface area contributed by atoms with Gasteiger partial charge in [-0.1, -0.05) is 60.7 Å². The monoisotopic (exact) mass is 384 g/mol. The molecule has 2 aromatic carbocycles. The van der Waals surface area contributed by atoms with E-state index in [-0.39, 0.29) is 5.41 Å². The van der Waals surface area contributed by atoms with E-state index in [1.165, 1.54) is 50.8 Å². The smallest absolute Gasteiger partial charge is 0.0823 e. The first-order chi connectivity index (χ1) is 14.3. The van der Waals surface area contributed by atoms with Crippen molar-refractivity contribution in [3.05, 3.63) is 71.8 Å². The van der Waals surface area contributed by atoms with Gasteiger partial charge in [0.1, 0.15) is 0 Å². The summed E-state index contributed by atoms with van der Waals surface area (Å²) in [4.78, 5) is 2.71. The summed E-state index contributed by atoms with van der Waals surface area (Å²) in [6.45, 7) is 2.58. The number of nitriles is 1. The fraction of sp³-hybridized carbons (Fsp3) is 0.519. The van der Waals surface area contributed by atoms with Crippen molar-refractivity contribution >= 4 is 0 Å². The zero-order valence-corrected chi connectivity index (χ0v) is 17.3. The van der Waals surface area contributed by atoms with Gasteiger partial charge < -0.3 is 0 Å². The molecule has 0 radical (unpaired) electrons. The molecule has 1 saturated heterocycles. The maximum Gasteiger partial charge on any atom is 0.0823 e. The minimum atomic E-state index is -0.250. The van der Waals surface area contributed by atoms with Crippen LogP contribution in [0.4, 0.5) is 0 Å². The van der Waals surface area contributed by atoms with Crippen LogP contribution in [0.5, 0.6) is 0 Å². The lowest BCUT2D eigenvalue weighted by Crippen LogP contribution is -2.54. The van der Waals surface area contributed by atoms with Gasteiger partial charge in [-0.25, -0.2) is 0 Å². The third kappa shape index (κ3) is 3.86. The van der Waals surface area contributed by atoms with Crippen LogP contribution in [0.3, 0.4) is 0 Å². The van der Waals surface area contributed by atoms with Gasteiger partial charge in [0, 0.05) is 19.1 Å². The highest BCUT2D eigenvalue weighted by molar-refractivity contribution is 5.33. The first-order valence-electron chi connectivity index (χ1n) is 11.5. The molecule has 1 heterocycles. The minimum absolute atomic E-state index is 0.250. The van der Waals surface area contributed by atoms with Crippen LogP contribution in [0.1, 0.15) is 62.0 Å². The van der Waals surface area contributed by atoms with Crippen LogP contribution in [-0.2, 0) is 5.41 Å². The number of benzene rings is 2. The number of nitrogens with zero attached hydrogens (tertiary/aromatic N) is 2. The first kappa shape index (κ1) is 18.9. The summed E-state index contributed by atoms with van der Waals surface area (Å²) in [6.07, 6.45) is 8.60. The van der Waals surface area contributed by atoms with Crippen LogP contribution < -0.4 is 0 Å². The molecule has 1 aliphatic heterocycles. The van der Waals surface area contributed by atoms with Gasteiger partial charge in [0.15, 0.2) is 0 Å². The molecule has 2 aliphatic carbocycles. The molecule has 2 nitrogen and oxygen atoms in total. The van der Waals surface area contributed by atoms with Crippen molar-refractivity contribution in [1.29, 1.82) is 5.26 Å². The van der Waals surface area contributed by atoms with E-state index >= 15 is 0 Å². The number of likely N-dealkylation sites (tertiary alicyclic amines) is 1. The van der Waals surface area contributed by atoms with Crippen LogP contribution in [0.25, 0.3) is 0 Å². The third-order valence-corrected chi connectivity index (χ3v) is 7.95. The van der Waals surface area contributed by atoms with Crippen LogP contribution in [0, 0.1) is 23.2 Å². The predicted octanol–water partition coefficient (Wildman–Crippen LogP) is 5.91. The maximum absolute atomic E-state index is 9.90. The molecule has 0 amide bonds. The van der Waals surface area contributed by atoms with Crippen molar-refractivity contribution in [3.63, 3.8) is 0 Å². The second-order valence-corrected chi connectivity index (χ2v) is 9.70. The van der Waals surface area contributed by atoms with Crippen molar-refractivity contribution < 1.29 is 0 Å². The zero-order chi connectivity index (χ0) is 19.7. The highest BCUT2D eigenvalue weighted by atomic mass is 15.2. The van der Waals surface area contributed by atoms with Gasteiger partial charge in [0.25, 0.3) is 0 Å². The largest absolute Gasteiger partial charge is 0.300 e. The highest BCUT2D eigenvalue weighted by Gasteiger charge is 2.42. The summed E-state index contributed by atoms with van der Waals surface area (Å²) in [6, 6.07) is 24.9. The Kier molecular flexibility index (Phi) is 5.18. The predicted molar refractivity (Wildman–Crippen MR) is 118 cm³/mol. The standard InChI is InChI=1S/C27H32N2/c28-20-27(24-9-5-2-6-10-24)15-13-25(14-16-27)29-18-21(19-29)11-12-23-17-26(23)22-7-3-1-4-8-22/h1-10,21,23,25-26H,11-19H2. The van der Waals surface area contributed by atoms with Gasteiger partial charge in [-0.2, -0.15) is 5.26 Å². The summed E-state index contributed by atoms with van der Waals surface area (Å²) in [5.41, 5.74) is 2.52. The Bertz CT molecular complexity index is 839. The molecule has 0 bridgehead atoms. The average molecular weight is 385 g/mol. The Labute approximate surface area is 175 Å². The molecule has 2 heteroatoms. The van der Waals surface area contributed by atoms with Crippen LogP contribution in [0.2, 0.25) is 0 Å². The average Bonchev–Trinajstić information content (AvgIpc) is 3.54. The summed E-state index contributed by atoms with van der Waals surface area (Å²) in [5.74, 6) is 2.68. The van der Waals surface area contributed by atoms with E-state index in [0.717, 1.165) is 30.6 Å². The van der Waals surface area contributed by atoms with E-state index in [4.69, 9.17) is 0 Å². The lowest BCUT2D eigenvalue weighted by Gasteiger charge is -2.48. The fourth-order valence-corrected chi connectivity index (χ4v) is 5.90. The Hall–Kier alpha value is -2.11. The van der Waals surface area contributed by atoms with E-state index in [0.29, 0.717) is 6.04 Å². The Morgan fingerprint density at radius 1 is 0.897 bits per heavy atom. The van der Waals surface area contributed by atoms with Gasteiger partial charge in [0.2, 0.25) is 0 Å². The number of hydrogen-bond acceptors (Lipinski definition) is 2. The molecule has 5 rings (SSSR count). The van der Waals surface area contributed by atoms with E-state index in [2.05, 4.69) is 65.6 Å². The SMILES string of the molecule is N#CC1(c2ccccc2)CCC(N2CC(CCC3CC3c3ccccc3)C2)CC1. The quantitative estimate of drug-likeness (QED) is 0.619. The first-order valence-corrected chi connectivity index (χ1v) is 11.5. The molecule has 29 heavy (non-hydrogen) atoms. The topological polar surface area (TPSA) is 27.0 Å². The van der Waals surface area contributed by atoms with Crippen molar-refractivity contribution in [1.82, 2.24) is 4.90 Å². The molecular formula is C27H32N2. The zero-order valence-electron chi connectivity index (χ0n) is 17.3. The van der Waals surface area contributed by atoms with Gasteiger partial charge in [-0.05, 0) is 73.8 Å². The second-order valence-electron chi connectivity index (χ2n) is 9.70. The highest BCUT2D eigenvalue weighted by Crippen LogP contribution is 2.51. The Morgan fingerprint density at radius 3 is 2.21 bits per heavy atom. The molecule has 2 aromatic rings. The van der Waals surface area contributed by atoms with Crippen molar-refractivity contribution in [2.75, 3.05) is 13.1 Å². The number of rotatable bonds is 6. The lowest BCUT2D eigenvalue weighted by molar-refractivity contribution is 0.0230. The summed E-state index contributed by atoms with van der Waals surface area (Å²) < 4.78 is 0. The summed E-state index contributed by atoms with van der Waals surface area (Å²) in [7, 11) is 0. The molecule has 2 atom stereocenters. The summed E-state index contributed by atoms with van der Waals surface area (Å²) in [5, 5.41) is 9.90. The molecule has 3 aliphatic rings. The van der Waals surface area contributed by atoms with Gasteiger partial charge in [-0.15, -0.1) is 0 Å². The maximum atomic E-state index is 9.90. The minimum Gasteiger partial charge on any atom is -0.300 e. The van der Waals surface area contributed by atoms with Crippen LogP contribution in [0.15, 0.2) is 60.7 Å². The van der Waals surface area contributed by atoms with Crippen LogP contribution >= 0.6 is 0 Å². The lowest BCUT2D eigenvalue weighted by atomic mass is 9.68. The molecule has 2 saturated carbocycles. The Balaban J connectivity index is 1.05. The van der Waals surface area contributed by atoms with E-state index in [1.54, 1.807) is 5.56 Å². The normalized spacial score (nSPS) is 32.3. The molecule has 0 N–H and O–H groups in total. The van der Waals surface area contributed by atoms with Gasteiger partial charge in [-0.3, -0.25) is 4.90 Å². The molecular weight excluding hydrogens is 352 g/mol. The molecule has 2 unspecified atom stereocenters. The van der Waals surface area contributed by atoms with Gasteiger partial charge in [0.05, 0.1) is 11.5 Å². The van der Waals surface area contributed by atoms with Gasteiger partial charge >= 0.3 is 0 Å². The van der Waals surface area contributed by atoms with E-state index in [1.807, 2.05) is 6.07 Å². The molecule has 0 spiro atoms.